The Morgan fingerprint density at radius 1 is 1.24 bits per heavy atom. The molecule has 1 aromatic carbocycles. The summed E-state index contributed by atoms with van der Waals surface area (Å²) >= 11 is 0. The molecule has 3 heterocycles. The van der Waals surface area contributed by atoms with Gasteiger partial charge in [-0.1, -0.05) is 24.3 Å². The Hall–Kier alpha value is -3.16. The van der Waals surface area contributed by atoms with Gasteiger partial charge >= 0.3 is 5.97 Å². The number of hydrogen-bond donors (Lipinski definition) is 3. The van der Waals surface area contributed by atoms with Crippen LogP contribution in [0.3, 0.4) is 0 Å². The van der Waals surface area contributed by atoms with Crippen LogP contribution in [0.25, 0.3) is 0 Å². The summed E-state index contributed by atoms with van der Waals surface area (Å²) in [6, 6.07) is 8.06. The zero-order valence-corrected chi connectivity index (χ0v) is 13.3. The van der Waals surface area contributed by atoms with Crippen LogP contribution in [0, 0.1) is 0 Å². The number of carbonyl (C=O) groups is 2. The second-order valence-corrected chi connectivity index (χ2v) is 6.24. The molecule has 128 valence electrons. The first kappa shape index (κ1) is 15.4. The van der Waals surface area contributed by atoms with Gasteiger partial charge in [0.1, 0.15) is 5.82 Å². The van der Waals surface area contributed by atoms with E-state index in [1.54, 1.807) is 0 Å². The number of rotatable bonds is 2. The lowest BCUT2D eigenvalue weighted by Crippen LogP contribution is -2.37. The minimum absolute atomic E-state index is 0.00765. The number of carboxylic acid groups (broad SMARTS) is 1. The molecule has 2 aliphatic rings. The van der Waals surface area contributed by atoms with E-state index in [0.29, 0.717) is 19.0 Å². The Kier molecular flexibility index (Phi) is 3.52. The first-order chi connectivity index (χ1) is 12.0. The van der Waals surface area contributed by atoms with Crippen molar-refractivity contribution in [3.63, 3.8) is 0 Å². The van der Waals surface area contributed by atoms with Crippen molar-refractivity contribution in [3.8, 4) is 0 Å². The van der Waals surface area contributed by atoms with E-state index in [9.17, 15) is 19.5 Å². The summed E-state index contributed by atoms with van der Waals surface area (Å²) < 4.78 is 0. The average Bonchev–Trinajstić information content (AvgIpc) is 2.60. The molecule has 2 aromatic rings. The highest BCUT2D eigenvalue weighted by Gasteiger charge is 2.35. The molecular weight excluding hydrogens is 324 g/mol. The number of aromatic amines is 1. The van der Waals surface area contributed by atoms with Crippen LogP contribution in [0.2, 0.25) is 0 Å². The van der Waals surface area contributed by atoms with Crippen LogP contribution in [-0.4, -0.2) is 33.5 Å². The monoisotopic (exact) mass is 340 g/mol. The van der Waals surface area contributed by atoms with Gasteiger partial charge in [-0.05, 0) is 17.5 Å². The highest BCUT2D eigenvalue weighted by Crippen LogP contribution is 2.30. The number of nitrogens with zero attached hydrogens (tertiary/aromatic N) is 2. The Morgan fingerprint density at radius 3 is 2.76 bits per heavy atom. The van der Waals surface area contributed by atoms with Gasteiger partial charge in [0, 0.05) is 19.5 Å². The second-order valence-electron chi connectivity index (χ2n) is 6.24. The largest absolute Gasteiger partial charge is 0.481 e. The molecular formula is C17H16N4O4. The van der Waals surface area contributed by atoms with Gasteiger partial charge in [0.25, 0.3) is 5.56 Å². The molecule has 0 aliphatic carbocycles. The maximum Gasteiger partial charge on any atom is 0.311 e. The molecule has 0 bridgehead atoms. The molecule has 1 atom stereocenters. The van der Waals surface area contributed by atoms with Crippen LogP contribution in [0.5, 0.6) is 0 Å². The summed E-state index contributed by atoms with van der Waals surface area (Å²) in [5.74, 6) is -2.45. The first-order valence-electron chi connectivity index (χ1n) is 8.01. The second kappa shape index (κ2) is 5.73. The molecule has 0 radical (unpaired) electrons. The Morgan fingerprint density at radius 2 is 2.00 bits per heavy atom. The molecule has 1 aromatic heterocycles. The summed E-state index contributed by atoms with van der Waals surface area (Å²) in [5, 5.41) is 11.8. The van der Waals surface area contributed by atoms with Crippen molar-refractivity contribution in [2.45, 2.75) is 25.3 Å². The maximum atomic E-state index is 12.5. The number of aromatic nitrogens is 2. The molecule has 4 rings (SSSR count). The molecule has 3 N–H and O–H groups in total. The summed E-state index contributed by atoms with van der Waals surface area (Å²) in [5.41, 5.74) is 1.90. The number of aliphatic carboxylic acids is 1. The summed E-state index contributed by atoms with van der Waals surface area (Å²) in [7, 11) is 0. The summed E-state index contributed by atoms with van der Waals surface area (Å²) in [6.07, 6.45) is 0.560. The molecule has 0 unspecified atom stereocenters. The lowest BCUT2D eigenvalue weighted by Gasteiger charge is -2.30. The van der Waals surface area contributed by atoms with Crippen molar-refractivity contribution in [2.75, 3.05) is 16.8 Å². The first-order valence-corrected chi connectivity index (χ1v) is 8.01. The van der Waals surface area contributed by atoms with Gasteiger partial charge in [0.05, 0.1) is 11.5 Å². The van der Waals surface area contributed by atoms with E-state index in [2.05, 4.69) is 21.4 Å². The number of H-pyrrole nitrogens is 1. The number of hydrogen-bond acceptors (Lipinski definition) is 5. The third-order valence-corrected chi connectivity index (χ3v) is 4.67. The normalized spacial score (nSPS) is 19.0. The number of anilines is 2. The highest BCUT2D eigenvalue weighted by atomic mass is 16.4. The van der Waals surface area contributed by atoms with Crippen molar-refractivity contribution in [1.82, 2.24) is 9.97 Å². The van der Waals surface area contributed by atoms with Gasteiger partial charge in [0.15, 0.2) is 0 Å². The van der Waals surface area contributed by atoms with E-state index in [-0.39, 0.29) is 17.8 Å². The predicted octanol–water partition coefficient (Wildman–Crippen LogP) is 0.843. The maximum absolute atomic E-state index is 12.5. The van der Waals surface area contributed by atoms with Gasteiger partial charge in [-0.3, -0.25) is 19.4 Å². The molecule has 2 aliphatic heterocycles. The van der Waals surface area contributed by atoms with Crippen molar-refractivity contribution in [2.24, 2.45) is 0 Å². The smallest absolute Gasteiger partial charge is 0.311 e. The Bertz CT molecular complexity index is 936. The van der Waals surface area contributed by atoms with Crippen LogP contribution < -0.4 is 15.8 Å². The molecule has 0 saturated heterocycles. The van der Waals surface area contributed by atoms with Gasteiger partial charge in [-0.2, -0.15) is 4.98 Å². The quantitative estimate of drug-likeness (QED) is 0.746. The average molecular weight is 340 g/mol. The molecule has 1 amide bonds. The van der Waals surface area contributed by atoms with Crippen LogP contribution >= 0.6 is 0 Å². The van der Waals surface area contributed by atoms with Crippen LogP contribution in [0.4, 0.5) is 11.8 Å². The standard InChI is InChI=1S/C17H16N4O4/c22-12-7-11(16(24)25)13-14(18-12)19-17(20-15(13)23)21-6-5-9-3-1-2-4-10(9)8-21/h1-4,11H,5-8H2,(H,24,25)(H2,18,19,20,22,23)/t11-/m1/s1. The summed E-state index contributed by atoms with van der Waals surface area (Å²) in [4.78, 5) is 44.5. The fraction of sp³-hybridized carbons (Fsp3) is 0.294. The fourth-order valence-corrected chi connectivity index (χ4v) is 3.40. The highest BCUT2D eigenvalue weighted by molar-refractivity contribution is 5.98. The SMILES string of the molecule is O=C1C[C@@H](C(=O)O)c2c(nc(N3CCc4ccccc4C3)[nH]c2=O)N1. The number of nitrogens with one attached hydrogen (secondary N) is 2. The minimum atomic E-state index is -1.21. The molecule has 25 heavy (non-hydrogen) atoms. The zero-order valence-electron chi connectivity index (χ0n) is 13.3. The number of amides is 1. The van der Waals surface area contributed by atoms with E-state index in [0.717, 1.165) is 12.0 Å². The fourth-order valence-electron chi connectivity index (χ4n) is 3.40. The predicted molar refractivity (Wildman–Crippen MR) is 89.7 cm³/mol. The third kappa shape index (κ3) is 2.65. The lowest BCUT2D eigenvalue weighted by molar-refractivity contribution is -0.140. The van der Waals surface area contributed by atoms with Gasteiger partial charge in [-0.25, -0.2) is 0 Å². The van der Waals surface area contributed by atoms with Crippen LogP contribution in [-0.2, 0) is 22.6 Å². The van der Waals surface area contributed by atoms with Crippen molar-refractivity contribution in [3.05, 3.63) is 51.3 Å². The van der Waals surface area contributed by atoms with Crippen LogP contribution in [0.15, 0.2) is 29.1 Å². The lowest BCUT2D eigenvalue weighted by atomic mass is 9.94. The molecule has 0 saturated carbocycles. The van der Waals surface area contributed by atoms with Gasteiger partial charge < -0.3 is 15.3 Å². The number of benzene rings is 1. The summed E-state index contributed by atoms with van der Waals surface area (Å²) in [6.45, 7) is 1.27. The number of carboxylic acids is 1. The number of carbonyl (C=O) groups excluding carboxylic acids is 1. The van der Waals surface area contributed by atoms with Gasteiger partial charge in [0.2, 0.25) is 11.9 Å². The van der Waals surface area contributed by atoms with E-state index in [4.69, 9.17) is 0 Å². The van der Waals surface area contributed by atoms with Crippen molar-refractivity contribution in [1.29, 1.82) is 0 Å². The Labute approximate surface area is 142 Å². The van der Waals surface area contributed by atoms with E-state index >= 15 is 0 Å². The van der Waals surface area contributed by atoms with E-state index in [1.165, 1.54) is 5.56 Å². The van der Waals surface area contributed by atoms with Gasteiger partial charge in [-0.15, -0.1) is 0 Å². The third-order valence-electron chi connectivity index (χ3n) is 4.67. The Balaban J connectivity index is 1.73. The molecule has 8 nitrogen and oxygen atoms in total. The molecule has 0 spiro atoms. The topological polar surface area (TPSA) is 115 Å². The minimum Gasteiger partial charge on any atom is -0.481 e. The van der Waals surface area contributed by atoms with Crippen molar-refractivity contribution >= 4 is 23.6 Å². The van der Waals surface area contributed by atoms with E-state index < -0.39 is 23.4 Å². The molecule has 0 fully saturated rings. The van der Waals surface area contributed by atoms with Crippen molar-refractivity contribution < 1.29 is 14.7 Å². The van der Waals surface area contributed by atoms with Crippen LogP contribution in [0.1, 0.15) is 29.0 Å². The zero-order chi connectivity index (χ0) is 17.6. The molecule has 8 heteroatoms. The van der Waals surface area contributed by atoms with E-state index in [1.807, 2.05) is 23.1 Å². The number of fused-ring (bicyclic) bond motifs is 2.